The predicted molar refractivity (Wildman–Crippen MR) is 97.3 cm³/mol. The van der Waals surface area contributed by atoms with Crippen LogP contribution < -0.4 is 0 Å². The maximum Gasteiger partial charge on any atom is 0.248 e. The third-order valence-electron chi connectivity index (χ3n) is 4.61. The Hall–Kier alpha value is -2.27. The molecule has 25 heavy (non-hydrogen) atoms. The molecule has 0 aliphatic carbocycles. The van der Waals surface area contributed by atoms with Crippen molar-refractivity contribution in [2.24, 2.45) is 0 Å². The molecule has 1 atom stereocenters. The maximum absolute atomic E-state index is 12.2. The van der Waals surface area contributed by atoms with E-state index < -0.39 is 0 Å². The largest absolute Gasteiger partial charge is 0.372 e. The second-order valence-corrected chi connectivity index (χ2v) is 6.49. The zero-order valence-corrected chi connectivity index (χ0v) is 14.9. The molecule has 1 fully saturated rings. The number of rotatable bonds is 5. The van der Waals surface area contributed by atoms with E-state index in [9.17, 15) is 4.79 Å². The van der Waals surface area contributed by atoms with Gasteiger partial charge in [-0.1, -0.05) is 29.8 Å². The number of carbonyl (C=O) groups excluding carboxylic acids is 1. The fourth-order valence-corrected chi connectivity index (χ4v) is 3.17. The number of piperidine rings is 1. The van der Waals surface area contributed by atoms with Gasteiger partial charge in [-0.15, -0.1) is 0 Å². The van der Waals surface area contributed by atoms with E-state index in [1.165, 1.54) is 5.56 Å². The Morgan fingerprint density at radius 3 is 2.84 bits per heavy atom. The fourth-order valence-electron chi connectivity index (χ4n) is 3.17. The summed E-state index contributed by atoms with van der Waals surface area (Å²) in [5.41, 5.74) is 3.25. The molecule has 0 saturated carbocycles. The van der Waals surface area contributed by atoms with Gasteiger partial charge < -0.3 is 9.64 Å². The Morgan fingerprint density at radius 1 is 1.28 bits per heavy atom. The van der Waals surface area contributed by atoms with Crippen LogP contribution in [0, 0.1) is 6.92 Å². The Morgan fingerprint density at radius 2 is 2.08 bits per heavy atom. The van der Waals surface area contributed by atoms with Crippen LogP contribution in [0.25, 0.3) is 11.4 Å². The molecule has 1 aromatic heterocycles. The van der Waals surface area contributed by atoms with Gasteiger partial charge >= 0.3 is 0 Å². The molecule has 0 N–H and O–H groups in total. The number of amides is 1. The standard InChI is InChI=1S/C20H25N3O2/c1-3-25-14-19(24)23-12-4-5-17(13-23)18-10-11-21-20(22-18)16-8-6-15(2)7-9-16/h6-11,17H,3-5,12-14H2,1-2H3. The molecule has 0 spiro atoms. The molecule has 0 radical (unpaired) electrons. The molecule has 2 heterocycles. The maximum atomic E-state index is 12.2. The van der Waals surface area contributed by atoms with Crippen molar-refractivity contribution in [3.63, 3.8) is 0 Å². The lowest BCUT2D eigenvalue weighted by molar-refractivity contribution is -0.137. The van der Waals surface area contributed by atoms with E-state index in [-0.39, 0.29) is 18.4 Å². The number of ether oxygens (including phenoxy) is 1. The minimum absolute atomic E-state index is 0.0689. The molecule has 2 aromatic rings. The topological polar surface area (TPSA) is 55.3 Å². The van der Waals surface area contributed by atoms with Crippen LogP contribution in [0.1, 0.15) is 36.9 Å². The first-order valence-corrected chi connectivity index (χ1v) is 8.93. The van der Waals surface area contributed by atoms with Crippen LogP contribution in [0.4, 0.5) is 0 Å². The Bertz CT molecular complexity index is 715. The molecule has 1 saturated heterocycles. The summed E-state index contributed by atoms with van der Waals surface area (Å²) in [4.78, 5) is 23.3. The molecule has 1 aromatic carbocycles. The van der Waals surface area contributed by atoms with Crippen molar-refractivity contribution >= 4 is 5.91 Å². The van der Waals surface area contributed by atoms with E-state index >= 15 is 0 Å². The van der Waals surface area contributed by atoms with Gasteiger partial charge in [0.25, 0.3) is 0 Å². The van der Waals surface area contributed by atoms with Gasteiger partial charge in [0.1, 0.15) is 6.61 Å². The fraction of sp³-hybridized carbons (Fsp3) is 0.450. The molecular weight excluding hydrogens is 314 g/mol. The average Bonchev–Trinajstić information content (AvgIpc) is 2.67. The smallest absolute Gasteiger partial charge is 0.248 e. The summed E-state index contributed by atoms with van der Waals surface area (Å²) in [7, 11) is 0. The zero-order valence-electron chi connectivity index (χ0n) is 14.9. The number of benzene rings is 1. The number of hydrogen-bond donors (Lipinski definition) is 0. The third kappa shape index (κ3) is 4.42. The van der Waals surface area contributed by atoms with Gasteiger partial charge in [-0.2, -0.15) is 0 Å². The number of carbonyl (C=O) groups is 1. The lowest BCUT2D eigenvalue weighted by Crippen LogP contribution is -2.41. The van der Waals surface area contributed by atoms with E-state index in [2.05, 4.69) is 24.0 Å². The summed E-state index contributed by atoms with van der Waals surface area (Å²) >= 11 is 0. The number of likely N-dealkylation sites (tertiary alicyclic amines) is 1. The van der Waals surface area contributed by atoms with Crippen molar-refractivity contribution < 1.29 is 9.53 Å². The summed E-state index contributed by atoms with van der Waals surface area (Å²) in [6.07, 6.45) is 3.85. The number of nitrogens with zero attached hydrogens (tertiary/aromatic N) is 3. The SMILES string of the molecule is CCOCC(=O)N1CCCC(c2ccnc(-c3ccc(C)cc3)n2)C1. The van der Waals surface area contributed by atoms with Crippen LogP contribution in [-0.2, 0) is 9.53 Å². The van der Waals surface area contributed by atoms with E-state index in [1.54, 1.807) is 0 Å². The van der Waals surface area contributed by atoms with Crippen LogP contribution in [0.3, 0.4) is 0 Å². The molecule has 0 bridgehead atoms. The van der Waals surface area contributed by atoms with E-state index in [0.29, 0.717) is 13.2 Å². The molecule has 3 rings (SSSR count). The van der Waals surface area contributed by atoms with Crippen molar-refractivity contribution in [2.45, 2.75) is 32.6 Å². The van der Waals surface area contributed by atoms with Crippen molar-refractivity contribution in [1.82, 2.24) is 14.9 Å². The van der Waals surface area contributed by atoms with Gasteiger partial charge in [-0.05, 0) is 32.8 Å². The molecule has 1 unspecified atom stereocenters. The van der Waals surface area contributed by atoms with Crippen LogP contribution >= 0.6 is 0 Å². The second-order valence-electron chi connectivity index (χ2n) is 6.49. The van der Waals surface area contributed by atoms with Gasteiger partial charge in [0.15, 0.2) is 5.82 Å². The van der Waals surface area contributed by atoms with Gasteiger partial charge in [0.05, 0.1) is 0 Å². The Balaban J connectivity index is 1.74. The van der Waals surface area contributed by atoms with Crippen LogP contribution in [0.5, 0.6) is 0 Å². The first-order valence-electron chi connectivity index (χ1n) is 8.93. The van der Waals surface area contributed by atoms with Gasteiger partial charge in [0, 0.05) is 43.1 Å². The molecule has 1 amide bonds. The normalized spacial score (nSPS) is 17.5. The number of aromatic nitrogens is 2. The molecule has 1 aliphatic heterocycles. The van der Waals surface area contributed by atoms with Gasteiger partial charge in [-0.3, -0.25) is 4.79 Å². The van der Waals surface area contributed by atoms with Crippen LogP contribution in [0.2, 0.25) is 0 Å². The van der Waals surface area contributed by atoms with Crippen molar-refractivity contribution in [3.05, 3.63) is 47.8 Å². The van der Waals surface area contributed by atoms with Crippen molar-refractivity contribution in [3.8, 4) is 11.4 Å². The molecule has 1 aliphatic rings. The van der Waals surface area contributed by atoms with Crippen LogP contribution in [0.15, 0.2) is 36.5 Å². The average molecular weight is 339 g/mol. The summed E-state index contributed by atoms with van der Waals surface area (Å²) < 4.78 is 5.26. The summed E-state index contributed by atoms with van der Waals surface area (Å²) in [5, 5.41) is 0. The Labute approximate surface area is 149 Å². The van der Waals surface area contributed by atoms with Crippen LogP contribution in [-0.4, -0.2) is 47.1 Å². The highest BCUT2D eigenvalue weighted by atomic mass is 16.5. The van der Waals surface area contributed by atoms with E-state index in [4.69, 9.17) is 9.72 Å². The van der Waals surface area contributed by atoms with Gasteiger partial charge in [-0.25, -0.2) is 9.97 Å². The highest BCUT2D eigenvalue weighted by Gasteiger charge is 2.25. The summed E-state index contributed by atoms with van der Waals surface area (Å²) in [6.45, 7) is 6.21. The monoisotopic (exact) mass is 339 g/mol. The van der Waals surface area contributed by atoms with Crippen molar-refractivity contribution in [2.75, 3.05) is 26.3 Å². The number of hydrogen-bond acceptors (Lipinski definition) is 4. The number of aryl methyl sites for hydroxylation is 1. The first-order chi connectivity index (χ1) is 12.2. The lowest BCUT2D eigenvalue weighted by Gasteiger charge is -2.32. The Kier molecular flexibility index (Phi) is 5.76. The van der Waals surface area contributed by atoms with Crippen molar-refractivity contribution in [1.29, 1.82) is 0 Å². The minimum atomic E-state index is 0.0689. The molecule has 5 nitrogen and oxygen atoms in total. The van der Waals surface area contributed by atoms with Gasteiger partial charge in [0.2, 0.25) is 5.91 Å². The minimum Gasteiger partial charge on any atom is -0.372 e. The van der Waals surface area contributed by atoms with E-state index in [1.807, 2.05) is 36.2 Å². The second kappa shape index (κ2) is 8.21. The third-order valence-corrected chi connectivity index (χ3v) is 4.61. The lowest BCUT2D eigenvalue weighted by atomic mass is 9.94. The predicted octanol–water partition coefficient (Wildman–Crippen LogP) is 3.19. The first kappa shape index (κ1) is 17.5. The summed E-state index contributed by atoms with van der Waals surface area (Å²) in [6, 6.07) is 10.2. The zero-order chi connectivity index (χ0) is 17.6. The van der Waals surface area contributed by atoms with E-state index in [0.717, 1.165) is 36.5 Å². The molecule has 132 valence electrons. The summed E-state index contributed by atoms with van der Waals surface area (Å²) in [5.74, 6) is 1.07. The molecule has 5 heteroatoms. The highest BCUT2D eigenvalue weighted by Crippen LogP contribution is 2.27. The molecular formula is C20H25N3O2. The highest BCUT2D eigenvalue weighted by molar-refractivity contribution is 5.77. The quantitative estimate of drug-likeness (QED) is 0.839.